The van der Waals surface area contributed by atoms with Crippen molar-refractivity contribution in [3.63, 3.8) is 0 Å². The van der Waals surface area contributed by atoms with Crippen LogP contribution in [0.15, 0.2) is 18.2 Å². The molecule has 1 aliphatic rings. The van der Waals surface area contributed by atoms with Crippen LogP contribution in [0.1, 0.15) is 23.2 Å². The Kier molecular flexibility index (Phi) is 4.18. The number of hydrogen-bond acceptors (Lipinski definition) is 4. The maximum absolute atomic E-state index is 13.5. The fourth-order valence-electron chi connectivity index (χ4n) is 1.98. The molecule has 0 aromatic heterocycles. The van der Waals surface area contributed by atoms with Crippen molar-refractivity contribution >= 4 is 23.5 Å². The van der Waals surface area contributed by atoms with E-state index in [2.05, 4.69) is 5.32 Å². The van der Waals surface area contributed by atoms with Gasteiger partial charge < -0.3 is 20.3 Å². The lowest BCUT2D eigenvalue weighted by Crippen LogP contribution is -2.30. The lowest BCUT2D eigenvalue weighted by molar-refractivity contribution is -0.150. The summed E-state index contributed by atoms with van der Waals surface area (Å²) in [6, 6.07) is 2.98. The number of hydrogen-bond donors (Lipinski definition) is 3. The van der Waals surface area contributed by atoms with Crippen LogP contribution in [0.2, 0.25) is 0 Å². The average Bonchev–Trinajstić information content (AvgIpc) is 2.90. The van der Waals surface area contributed by atoms with E-state index in [1.54, 1.807) is 0 Å². The van der Waals surface area contributed by atoms with Crippen LogP contribution < -0.4 is 5.32 Å². The van der Waals surface area contributed by atoms with Gasteiger partial charge in [-0.25, -0.2) is 14.0 Å². The maximum Gasteiger partial charge on any atom is 0.335 e. The summed E-state index contributed by atoms with van der Waals surface area (Å²) in [5, 5.41) is 19.8. The van der Waals surface area contributed by atoms with E-state index < -0.39 is 35.9 Å². The van der Waals surface area contributed by atoms with Crippen LogP contribution in [-0.4, -0.2) is 40.3 Å². The van der Waals surface area contributed by atoms with E-state index in [0.717, 1.165) is 18.2 Å². The van der Waals surface area contributed by atoms with Gasteiger partial charge in [-0.2, -0.15) is 0 Å². The van der Waals surface area contributed by atoms with Crippen LogP contribution in [0.3, 0.4) is 0 Å². The van der Waals surface area contributed by atoms with E-state index in [1.165, 1.54) is 0 Å². The number of ether oxygens (including phenoxy) is 1. The predicted molar refractivity (Wildman–Crippen MR) is 67.5 cm³/mol. The topological polar surface area (TPSA) is 113 Å². The second kappa shape index (κ2) is 5.88. The largest absolute Gasteiger partial charge is 0.479 e. The molecule has 1 saturated heterocycles. The molecule has 0 saturated carbocycles. The molecular weight excluding hydrogens is 285 g/mol. The molecule has 1 aromatic carbocycles. The molecule has 21 heavy (non-hydrogen) atoms. The summed E-state index contributed by atoms with van der Waals surface area (Å²) in [5.74, 6) is -3.92. The van der Waals surface area contributed by atoms with Gasteiger partial charge in [0.15, 0.2) is 6.10 Å². The summed E-state index contributed by atoms with van der Waals surface area (Å²) in [5.41, 5.74) is -0.468. The summed E-state index contributed by atoms with van der Waals surface area (Å²) < 4.78 is 18.6. The molecule has 2 rings (SSSR count). The molecule has 0 aliphatic carbocycles. The second-order valence-corrected chi connectivity index (χ2v) is 4.52. The number of halogens is 1. The molecule has 0 spiro atoms. The minimum Gasteiger partial charge on any atom is -0.479 e. The number of anilines is 1. The molecule has 0 radical (unpaired) electrons. The highest BCUT2D eigenvalue weighted by Crippen LogP contribution is 2.23. The molecule has 1 fully saturated rings. The summed E-state index contributed by atoms with van der Waals surface area (Å²) >= 11 is 0. The van der Waals surface area contributed by atoms with Crippen LogP contribution in [0.5, 0.6) is 0 Å². The molecular formula is C13H12FNO6. The van der Waals surface area contributed by atoms with Gasteiger partial charge >= 0.3 is 11.9 Å². The summed E-state index contributed by atoms with van der Waals surface area (Å²) in [4.78, 5) is 33.4. The molecule has 1 aliphatic heterocycles. The third-order valence-corrected chi connectivity index (χ3v) is 3.06. The predicted octanol–water partition coefficient (Wildman–Crippen LogP) is 1.09. The Labute approximate surface area is 118 Å². The molecule has 3 N–H and O–H groups in total. The number of nitrogens with one attached hydrogen (secondary N) is 1. The number of aromatic carboxylic acids is 1. The number of carboxylic acids is 2. The van der Waals surface area contributed by atoms with Crippen molar-refractivity contribution in [2.45, 2.75) is 25.0 Å². The Balaban J connectivity index is 2.08. The third kappa shape index (κ3) is 3.34. The van der Waals surface area contributed by atoms with Crippen LogP contribution in [-0.2, 0) is 14.3 Å². The van der Waals surface area contributed by atoms with Crippen LogP contribution >= 0.6 is 0 Å². The van der Waals surface area contributed by atoms with Crippen LogP contribution in [0.25, 0.3) is 0 Å². The standard InChI is InChI=1S/C13H12FNO6/c14-7-2-1-6(12(17)18)5-8(7)15-11(16)9-3-4-10(21-9)13(19)20/h1-2,5,9-10H,3-4H2,(H,15,16)(H,17,18)(H,19,20). The molecule has 2 unspecified atom stereocenters. The zero-order chi connectivity index (χ0) is 15.6. The zero-order valence-corrected chi connectivity index (χ0v) is 10.7. The summed E-state index contributed by atoms with van der Waals surface area (Å²) in [6.07, 6.45) is -1.68. The minimum atomic E-state index is -1.26. The molecule has 0 bridgehead atoms. The molecule has 1 aromatic rings. The molecule has 2 atom stereocenters. The number of amides is 1. The Morgan fingerprint density at radius 1 is 1.19 bits per heavy atom. The first kappa shape index (κ1) is 14.9. The third-order valence-electron chi connectivity index (χ3n) is 3.06. The van der Waals surface area contributed by atoms with Crippen LogP contribution in [0.4, 0.5) is 10.1 Å². The number of benzene rings is 1. The van der Waals surface area contributed by atoms with Gasteiger partial charge in [-0.3, -0.25) is 4.79 Å². The SMILES string of the molecule is O=C(O)c1ccc(F)c(NC(=O)C2CCC(C(=O)O)O2)c1. The average molecular weight is 297 g/mol. The van der Waals surface area contributed by atoms with Gasteiger partial charge in [0.05, 0.1) is 11.3 Å². The van der Waals surface area contributed by atoms with Crippen molar-refractivity contribution in [1.82, 2.24) is 0 Å². The maximum atomic E-state index is 13.5. The fourth-order valence-corrected chi connectivity index (χ4v) is 1.98. The van der Waals surface area contributed by atoms with Gasteiger partial charge in [0, 0.05) is 0 Å². The normalized spacial score (nSPS) is 21.0. The van der Waals surface area contributed by atoms with E-state index in [-0.39, 0.29) is 24.1 Å². The van der Waals surface area contributed by atoms with Crippen molar-refractivity contribution in [1.29, 1.82) is 0 Å². The summed E-state index contributed by atoms with van der Waals surface area (Å²) in [6.45, 7) is 0. The van der Waals surface area contributed by atoms with E-state index >= 15 is 0 Å². The Hall–Kier alpha value is -2.48. The number of carbonyl (C=O) groups is 3. The van der Waals surface area contributed by atoms with E-state index in [1.807, 2.05) is 0 Å². The van der Waals surface area contributed by atoms with Gasteiger partial charge in [-0.05, 0) is 31.0 Å². The smallest absolute Gasteiger partial charge is 0.335 e. The van der Waals surface area contributed by atoms with E-state index in [4.69, 9.17) is 14.9 Å². The van der Waals surface area contributed by atoms with Gasteiger partial charge in [0.1, 0.15) is 11.9 Å². The zero-order valence-electron chi connectivity index (χ0n) is 10.7. The van der Waals surface area contributed by atoms with E-state index in [9.17, 15) is 18.8 Å². The Morgan fingerprint density at radius 3 is 2.43 bits per heavy atom. The quantitative estimate of drug-likeness (QED) is 0.767. The van der Waals surface area contributed by atoms with Crippen molar-refractivity contribution in [3.8, 4) is 0 Å². The molecule has 7 nitrogen and oxygen atoms in total. The van der Waals surface area contributed by atoms with Gasteiger partial charge in [-0.1, -0.05) is 0 Å². The monoisotopic (exact) mass is 297 g/mol. The molecule has 1 heterocycles. The highest BCUT2D eigenvalue weighted by atomic mass is 19.1. The van der Waals surface area contributed by atoms with Crippen LogP contribution in [0, 0.1) is 5.82 Å². The van der Waals surface area contributed by atoms with Gasteiger partial charge in [0.25, 0.3) is 5.91 Å². The fraction of sp³-hybridized carbons (Fsp3) is 0.308. The highest BCUT2D eigenvalue weighted by molar-refractivity contribution is 5.96. The first-order valence-corrected chi connectivity index (χ1v) is 6.10. The van der Waals surface area contributed by atoms with E-state index in [0.29, 0.717) is 0 Å². The van der Waals surface area contributed by atoms with Gasteiger partial charge in [-0.15, -0.1) is 0 Å². The number of carbonyl (C=O) groups excluding carboxylic acids is 1. The summed E-state index contributed by atoms with van der Waals surface area (Å²) in [7, 11) is 0. The Morgan fingerprint density at radius 2 is 1.86 bits per heavy atom. The molecule has 8 heteroatoms. The second-order valence-electron chi connectivity index (χ2n) is 4.52. The first-order chi connectivity index (χ1) is 9.88. The van der Waals surface area contributed by atoms with Gasteiger partial charge in [0.2, 0.25) is 0 Å². The van der Waals surface area contributed by atoms with Crippen molar-refractivity contribution in [2.24, 2.45) is 0 Å². The van der Waals surface area contributed by atoms with Crippen molar-refractivity contribution in [3.05, 3.63) is 29.6 Å². The number of carboxylic acid groups (broad SMARTS) is 2. The minimum absolute atomic E-state index is 0.178. The lowest BCUT2D eigenvalue weighted by Gasteiger charge is -2.12. The number of rotatable bonds is 4. The number of aliphatic carboxylic acids is 1. The molecule has 112 valence electrons. The lowest BCUT2D eigenvalue weighted by atomic mass is 10.1. The molecule has 1 amide bonds. The Bertz CT molecular complexity index is 602. The van der Waals surface area contributed by atoms with Crippen molar-refractivity contribution in [2.75, 3.05) is 5.32 Å². The van der Waals surface area contributed by atoms with Crippen molar-refractivity contribution < 1.29 is 33.7 Å². The highest BCUT2D eigenvalue weighted by Gasteiger charge is 2.35. The first-order valence-electron chi connectivity index (χ1n) is 6.10.